The molecule has 1 rings (SSSR count). The zero-order valence-corrected chi connectivity index (χ0v) is 11.5. The highest BCUT2D eigenvalue weighted by atomic mass is 17.5. The van der Waals surface area contributed by atoms with Crippen LogP contribution in [0.1, 0.15) is 52.7 Å². The molecule has 0 aliphatic heterocycles. The van der Waals surface area contributed by atoms with Gasteiger partial charge in [0.2, 0.25) is 0 Å². The zero-order chi connectivity index (χ0) is 13.3. The second-order valence-electron chi connectivity index (χ2n) is 6.36. The molecule has 1 aromatic rings. The van der Waals surface area contributed by atoms with E-state index >= 15 is 0 Å². The van der Waals surface area contributed by atoms with Crippen molar-refractivity contribution in [2.45, 2.75) is 52.4 Å². The quantitative estimate of drug-likeness (QED) is 0.586. The average molecular weight is 237 g/mol. The molecule has 0 N–H and O–H groups in total. The lowest BCUT2D eigenvalue weighted by Crippen LogP contribution is -2.22. The van der Waals surface area contributed by atoms with Crippen LogP contribution in [0.3, 0.4) is 0 Å². The monoisotopic (exact) mass is 237 g/mol. The second kappa shape index (κ2) is 4.67. The molecule has 0 aliphatic carbocycles. The predicted octanol–water partition coefficient (Wildman–Crippen LogP) is 2.87. The van der Waals surface area contributed by atoms with Crippen molar-refractivity contribution in [3.05, 3.63) is 29.3 Å². The van der Waals surface area contributed by atoms with Gasteiger partial charge in [0.05, 0.1) is 0 Å². The van der Waals surface area contributed by atoms with Crippen molar-refractivity contribution >= 4 is 0 Å². The molecule has 0 saturated carbocycles. The Kier molecular flexibility index (Phi) is 3.84. The van der Waals surface area contributed by atoms with Crippen LogP contribution in [0.2, 0.25) is 0 Å². The van der Waals surface area contributed by atoms with Gasteiger partial charge in [0.15, 0.2) is 5.75 Å². The molecule has 0 radical (unpaired) electrons. The second-order valence-corrected chi connectivity index (χ2v) is 6.36. The SMILES string of the molecule is CC(C)(C)c1ccc(OO[O-])cc1C(C)(C)C. The van der Waals surface area contributed by atoms with Crippen molar-refractivity contribution in [2.75, 3.05) is 0 Å². The molecule has 0 aliphatic rings. The first-order valence-electron chi connectivity index (χ1n) is 5.78. The lowest BCUT2D eigenvalue weighted by Gasteiger charge is -2.30. The minimum Gasteiger partial charge on any atom is -0.682 e. The van der Waals surface area contributed by atoms with Gasteiger partial charge >= 0.3 is 0 Å². The molecule has 0 fully saturated rings. The Morgan fingerprint density at radius 1 is 0.882 bits per heavy atom. The maximum absolute atomic E-state index is 10.0. The largest absolute Gasteiger partial charge is 0.682 e. The molecule has 0 aromatic heterocycles. The minimum absolute atomic E-state index is 0.00906. The molecule has 0 unspecified atom stereocenters. The van der Waals surface area contributed by atoms with E-state index in [1.807, 2.05) is 12.1 Å². The Labute approximate surface area is 103 Å². The van der Waals surface area contributed by atoms with Crippen LogP contribution >= 0.6 is 0 Å². The zero-order valence-electron chi connectivity index (χ0n) is 11.5. The van der Waals surface area contributed by atoms with Gasteiger partial charge in [-0.25, -0.2) is 5.04 Å². The molecule has 3 nitrogen and oxygen atoms in total. The van der Waals surface area contributed by atoms with Crippen molar-refractivity contribution in [1.82, 2.24) is 0 Å². The van der Waals surface area contributed by atoms with Crippen LogP contribution in [-0.4, -0.2) is 0 Å². The summed E-state index contributed by atoms with van der Waals surface area (Å²) < 4.78 is 0. The fraction of sp³-hybridized carbons (Fsp3) is 0.571. The molecule has 0 heterocycles. The lowest BCUT2D eigenvalue weighted by molar-refractivity contribution is -0.778. The first-order chi connectivity index (χ1) is 7.66. The van der Waals surface area contributed by atoms with Crippen LogP contribution in [0.4, 0.5) is 0 Å². The maximum atomic E-state index is 10.0. The normalized spacial score (nSPS) is 12.6. The minimum atomic E-state index is -0.00906. The molecule has 3 heteroatoms. The van der Waals surface area contributed by atoms with Crippen molar-refractivity contribution in [3.63, 3.8) is 0 Å². The van der Waals surface area contributed by atoms with E-state index in [1.165, 1.54) is 11.1 Å². The highest BCUT2D eigenvalue weighted by Gasteiger charge is 2.25. The standard InChI is InChI=1S/C14H22O3/c1-13(2,3)11-8-7-10(16-17-15)9-12(11)14(4,5)6/h7-9,15H,1-6H3/p-1. The van der Waals surface area contributed by atoms with Gasteiger partial charge in [-0.1, -0.05) is 47.6 Å². The van der Waals surface area contributed by atoms with Gasteiger partial charge in [0.25, 0.3) is 0 Å². The van der Waals surface area contributed by atoms with Crippen molar-refractivity contribution < 1.29 is 15.2 Å². The van der Waals surface area contributed by atoms with E-state index in [0.717, 1.165) is 0 Å². The maximum Gasteiger partial charge on any atom is 0.164 e. The van der Waals surface area contributed by atoms with Gasteiger partial charge in [-0.3, -0.25) is 0 Å². The molecule has 1 aromatic carbocycles. The van der Waals surface area contributed by atoms with Gasteiger partial charge in [0.1, 0.15) is 0 Å². The molecule has 0 spiro atoms. The molecule has 0 bridgehead atoms. The number of hydrogen-bond acceptors (Lipinski definition) is 3. The Morgan fingerprint density at radius 3 is 1.82 bits per heavy atom. The van der Waals surface area contributed by atoms with Crippen LogP contribution in [0.15, 0.2) is 18.2 Å². The highest BCUT2D eigenvalue weighted by Crippen LogP contribution is 2.35. The van der Waals surface area contributed by atoms with Crippen molar-refractivity contribution in [2.24, 2.45) is 0 Å². The first kappa shape index (κ1) is 14.0. The summed E-state index contributed by atoms with van der Waals surface area (Å²) in [6, 6.07) is 5.63. The van der Waals surface area contributed by atoms with Gasteiger partial charge in [0, 0.05) is 0 Å². The van der Waals surface area contributed by atoms with E-state index in [1.54, 1.807) is 6.07 Å². The molecule has 0 atom stereocenters. The van der Waals surface area contributed by atoms with Crippen molar-refractivity contribution in [3.8, 4) is 5.75 Å². The van der Waals surface area contributed by atoms with Crippen molar-refractivity contribution in [1.29, 1.82) is 0 Å². The van der Waals surface area contributed by atoms with Crippen LogP contribution in [0.5, 0.6) is 5.75 Å². The van der Waals surface area contributed by atoms with E-state index < -0.39 is 0 Å². The van der Waals surface area contributed by atoms with Crippen LogP contribution < -0.4 is 10.1 Å². The fourth-order valence-corrected chi connectivity index (χ4v) is 1.89. The van der Waals surface area contributed by atoms with E-state index in [9.17, 15) is 5.26 Å². The summed E-state index contributed by atoms with van der Waals surface area (Å²) in [6.45, 7) is 12.9. The summed E-state index contributed by atoms with van der Waals surface area (Å²) in [6.07, 6.45) is 0. The Balaban J connectivity index is 3.33. The van der Waals surface area contributed by atoms with E-state index in [-0.39, 0.29) is 10.8 Å². The Morgan fingerprint density at radius 2 is 1.41 bits per heavy atom. The van der Waals surface area contributed by atoms with Gasteiger partial charge in [-0.2, -0.15) is 0 Å². The van der Waals surface area contributed by atoms with E-state index in [4.69, 9.17) is 0 Å². The topological polar surface area (TPSA) is 41.5 Å². The Hall–Kier alpha value is -1.06. The summed E-state index contributed by atoms with van der Waals surface area (Å²) >= 11 is 0. The summed E-state index contributed by atoms with van der Waals surface area (Å²) in [5.74, 6) is 0.443. The Bertz CT molecular complexity index is 383. The predicted molar refractivity (Wildman–Crippen MR) is 65.6 cm³/mol. The van der Waals surface area contributed by atoms with Gasteiger partial charge in [-0.15, -0.1) is 0 Å². The third kappa shape index (κ3) is 3.45. The molecular weight excluding hydrogens is 216 g/mol. The number of hydrogen-bond donors (Lipinski definition) is 0. The van der Waals surface area contributed by atoms with Crippen LogP contribution in [-0.2, 0) is 15.9 Å². The lowest BCUT2D eigenvalue weighted by atomic mass is 9.75. The smallest absolute Gasteiger partial charge is 0.164 e. The van der Waals surface area contributed by atoms with E-state index in [2.05, 4.69) is 51.5 Å². The summed E-state index contributed by atoms with van der Waals surface area (Å²) in [5.41, 5.74) is 2.47. The number of benzene rings is 1. The third-order valence-electron chi connectivity index (χ3n) is 2.74. The number of rotatable bonds is 2. The van der Waals surface area contributed by atoms with Gasteiger partial charge in [-0.05, 0) is 34.1 Å². The fourth-order valence-electron chi connectivity index (χ4n) is 1.89. The highest BCUT2D eigenvalue weighted by molar-refractivity contribution is 5.42. The third-order valence-corrected chi connectivity index (χ3v) is 2.74. The molecule has 96 valence electrons. The summed E-state index contributed by atoms with van der Waals surface area (Å²) in [5, 5.41) is 13.5. The van der Waals surface area contributed by atoms with Crippen LogP contribution in [0, 0.1) is 0 Å². The molecule has 0 saturated heterocycles. The van der Waals surface area contributed by atoms with Crippen LogP contribution in [0.25, 0.3) is 0 Å². The van der Waals surface area contributed by atoms with E-state index in [0.29, 0.717) is 5.75 Å². The van der Waals surface area contributed by atoms with Gasteiger partial charge < -0.3 is 10.1 Å². The summed E-state index contributed by atoms with van der Waals surface area (Å²) in [4.78, 5) is 4.55. The molecule has 0 amide bonds. The molecule has 17 heavy (non-hydrogen) atoms. The summed E-state index contributed by atoms with van der Waals surface area (Å²) in [7, 11) is 0. The first-order valence-corrected chi connectivity index (χ1v) is 5.78. The average Bonchev–Trinajstić information content (AvgIpc) is 2.15. The molecular formula is C14H21O3-.